The summed E-state index contributed by atoms with van der Waals surface area (Å²) in [5, 5.41) is 0. The van der Waals surface area contributed by atoms with Crippen LogP contribution >= 0.6 is 0 Å². The summed E-state index contributed by atoms with van der Waals surface area (Å²) < 4.78 is 10.8. The molecule has 3 amide bonds. The summed E-state index contributed by atoms with van der Waals surface area (Å²) in [6.07, 6.45) is 1.19. The van der Waals surface area contributed by atoms with Gasteiger partial charge in [-0.05, 0) is 31.0 Å². The van der Waals surface area contributed by atoms with Crippen molar-refractivity contribution in [2.24, 2.45) is 0 Å². The van der Waals surface area contributed by atoms with E-state index >= 15 is 0 Å². The second-order valence-corrected chi connectivity index (χ2v) is 7.71. The molecule has 2 aliphatic rings. The fourth-order valence-electron chi connectivity index (χ4n) is 3.50. The summed E-state index contributed by atoms with van der Waals surface area (Å²) in [5.41, 5.74) is 1.04. The fraction of sp³-hybridized carbons (Fsp3) is 0.545. The van der Waals surface area contributed by atoms with Crippen molar-refractivity contribution in [2.75, 3.05) is 59.1 Å². The van der Waals surface area contributed by atoms with Gasteiger partial charge in [-0.3, -0.25) is 14.4 Å². The van der Waals surface area contributed by atoms with Crippen LogP contribution in [0.5, 0.6) is 5.75 Å². The standard InChI is InChI=1S/C22H29N3O6/c1-17(26)2-3-18-4-6-19(7-5-18)31-16-20(27)23-8-10-24(11-9-23)21(28)22(29)25-12-14-30-15-13-25/h4-7H,2-3,8-16H2,1H3. The molecule has 2 aliphatic heterocycles. The maximum absolute atomic E-state index is 12.4. The first kappa shape index (κ1) is 22.7. The van der Waals surface area contributed by atoms with Crippen molar-refractivity contribution in [1.29, 1.82) is 0 Å². The van der Waals surface area contributed by atoms with Crippen molar-refractivity contribution >= 4 is 23.5 Å². The molecule has 0 aromatic heterocycles. The number of ether oxygens (including phenoxy) is 2. The maximum atomic E-state index is 12.4. The third-order valence-corrected chi connectivity index (χ3v) is 5.45. The van der Waals surface area contributed by atoms with E-state index in [-0.39, 0.29) is 18.3 Å². The lowest BCUT2D eigenvalue weighted by atomic mass is 10.1. The number of morpholine rings is 1. The molecule has 3 rings (SSSR count). The average Bonchev–Trinajstić information content (AvgIpc) is 2.81. The molecule has 0 saturated carbocycles. The maximum Gasteiger partial charge on any atom is 0.312 e. The molecule has 168 valence electrons. The van der Waals surface area contributed by atoms with Crippen molar-refractivity contribution in [3.05, 3.63) is 29.8 Å². The topological polar surface area (TPSA) is 96.5 Å². The Hall–Kier alpha value is -2.94. The third kappa shape index (κ3) is 6.52. The summed E-state index contributed by atoms with van der Waals surface area (Å²) in [6, 6.07) is 7.35. The average molecular weight is 431 g/mol. The minimum absolute atomic E-state index is 0.0898. The molecular formula is C22H29N3O6. The molecule has 0 N–H and O–H groups in total. The Morgan fingerprint density at radius 2 is 1.39 bits per heavy atom. The summed E-state index contributed by atoms with van der Waals surface area (Å²) >= 11 is 0. The van der Waals surface area contributed by atoms with Crippen molar-refractivity contribution in [3.63, 3.8) is 0 Å². The molecule has 0 atom stereocenters. The van der Waals surface area contributed by atoms with Crippen LogP contribution in [0.1, 0.15) is 18.9 Å². The quantitative estimate of drug-likeness (QED) is 0.594. The Balaban J connectivity index is 1.40. The van der Waals surface area contributed by atoms with E-state index in [1.807, 2.05) is 12.1 Å². The number of carbonyl (C=O) groups is 4. The number of hydrogen-bond acceptors (Lipinski definition) is 6. The molecule has 31 heavy (non-hydrogen) atoms. The Kier molecular flexibility index (Phi) is 8.00. The van der Waals surface area contributed by atoms with Crippen LogP contribution in [0.2, 0.25) is 0 Å². The molecule has 0 unspecified atom stereocenters. The highest BCUT2D eigenvalue weighted by Crippen LogP contribution is 2.14. The van der Waals surface area contributed by atoms with E-state index in [1.165, 1.54) is 9.80 Å². The van der Waals surface area contributed by atoms with E-state index in [1.54, 1.807) is 24.0 Å². The first-order chi connectivity index (χ1) is 14.9. The summed E-state index contributed by atoms with van der Waals surface area (Å²) in [4.78, 5) is 52.9. The number of Topliss-reactive ketones (excluding diaryl/α,β-unsaturated/α-hetero) is 1. The van der Waals surface area contributed by atoms with Gasteiger partial charge in [0.2, 0.25) is 0 Å². The van der Waals surface area contributed by atoms with Crippen LogP contribution in [0.15, 0.2) is 24.3 Å². The molecule has 0 radical (unpaired) electrons. The van der Waals surface area contributed by atoms with Gasteiger partial charge in [0.05, 0.1) is 13.2 Å². The van der Waals surface area contributed by atoms with Gasteiger partial charge in [0, 0.05) is 45.7 Å². The number of carbonyl (C=O) groups excluding carboxylic acids is 4. The number of rotatable bonds is 6. The van der Waals surface area contributed by atoms with Gasteiger partial charge in [0.25, 0.3) is 5.91 Å². The van der Waals surface area contributed by atoms with Crippen LogP contribution in [0.4, 0.5) is 0 Å². The molecule has 0 bridgehead atoms. The Labute approximate surface area is 181 Å². The van der Waals surface area contributed by atoms with Gasteiger partial charge in [0.15, 0.2) is 6.61 Å². The monoisotopic (exact) mass is 431 g/mol. The van der Waals surface area contributed by atoms with Crippen molar-refractivity contribution in [1.82, 2.24) is 14.7 Å². The number of benzene rings is 1. The summed E-state index contributed by atoms with van der Waals surface area (Å²) in [7, 11) is 0. The molecule has 0 aliphatic carbocycles. The van der Waals surface area contributed by atoms with Crippen LogP contribution in [0.3, 0.4) is 0 Å². The van der Waals surface area contributed by atoms with E-state index in [4.69, 9.17) is 9.47 Å². The number of piperazine rings is 1. The zero-order valence-electron chi connectivity index (χ0n) is 17.9. The van der Waals surface area contributed by atoms with Gasteiger partial charge in [-0.1, -0.05) is 12.1 Å². The predicted molar refractivity (Wildman–Crippen MR) is 111 cm³/mol. The van der Waals surface area contributed by atoms with Crippen molar-refractivity contribution < 1.29 is 28.7 Å². The first-order valence-electron chi connectivity index (χ1n) is 10.6. The Bertz CT molecular complexity index is 796. The van der Waals surface area contributed by atoms with Crippen LogP contribution in [-0.4, -0.2) is 97.3 Å². The third-order valence-electron chi connectivity index (χ3n) is 5.45. The molecule has 9 nitrogen and oxygen atoms in total. The van der Waals surface area contributed by atoms with Gasteiger partial charge in [-0.2, -0.15) is 0 Å². The lowest BCUT2D eigenvalue weighted by Crippen LogP contribution is -2.56. The Morgan fingerprint density at radius 1 is 0.839 bits per heavy atom. The van der Waals surface area contributed by atoms with Gasteiger partial charge in [-0.15, -0.1) is 0 Å². The second kappa shape index (κ2) is 10.9. The molecule has 1 aromatic carbocycles. The van der Waals surface area contributed by atoms with E-state index in [9.17, 15) is 19.2 Å². The highest BCUT2D eigenvalue weighted by molar-refractivity contribution is 6.34. The van der Waals surface area contributed by atoms with Crippen molar-refractivity contribution in [2.45, 2.75) is 19.8 Å². The number of ketones is 1. The highest BCUT2D eigenvalue weighted by Gasteiger charge is 2.31. The zero-order valence-corrected chi connectivity index (χ0v) is 17.9. The van der Waals surface area contributed by atoms with Gasteiger partial charge in [0.1, 0.15) is 11.5 Å². The zero-order chi connectivity index (χ0) is 22.2. The second-order valence-electron chi connectivity index (χ2n) is 7.71. The normalized spacial score (nSPS) is 16.7. The lowest BCUT2D eigenvalue weighted by Gasteiger charge is -2.35. The molecular weight excluding hydrogens is 402 g/mol. The number of hydrogen-bond donors (Lipinski definition) is 0. The van der Waals surface area contributed by atoms with Gasteiger partial charge in [-0.25, -0.2) is 0 Å². The SMILES string of the molecule is CC(=O)CCc1ccc(OCC(=O)N2CCN(C(=O)C(=O)N3CCOCC3)CC2)cc1. The number of amides is 3. The Morgan fingerprint density at radius 3 is 1.97 bits per heavy atom. The predicted octanol–water partition coefficient (Wildman–Crippen LogP) is 0.117. The molecule has 9 heteroatoms. The summed E-state index contributed by atoms with van der Waals surface area (Å²) in [5.74, 6) is -0.441. The largest absolute Gasteiger partial charge is 0.484 e. The van der Waals surface area contributed by atoms with E-state index in [2.05, 4.69) is 0 Å². The highest BCUT2D eigenvalue weighted by atomic mass is 16.5. The molecule has 2 saturated heterocycles. The number of aryl methyl sites for hydroxylation is 1. The van der Waals surface area contributed by atoms with Crippen molar-refractivity contribution in [3.8, 4) is 5.75 Å². The van der Waals surface area contributed by atoms with E-state index in [0.29, 0.717) is 71.1 Å². The first-order valence-corrected chi connectivity index (χ1v) is 10.6. The smallest absolute Gasteiger partial charge is 0.312 e. The minimum atomic E-state index is -0.518. The molecule has 1 aromatic rings. The lowest BCUT2D eigenvalue weighted by molar-refractivity contribution is -0.155. The van der Waals surface area contributed by atoms with E-state index in [0.717, 1.165) is 5.56 Å². The van der Waals surface area contributed by atoms with Crippen LogP contribution < -0.4 is 4.74 Å². The van der Waals surface area contributed by atoms with Crippen LogP contribution in [-0.2, 0) is 30.3 Å². The minimum Gasteiger partial charge on any atom is -0.484 e. The molecule has 2 fully saturated rings. The van der Waals surface area contributed by atoms with E-state index < -0.39 is 11.8 Å². The van der Waals surface area contributed by atoms with Crippen LogP contribution in [0, 0.1) is 0 Å². The van der Waals surface area contributed by atoms with Gasteiger partial charge < -0.3 is 29.0 Å². The molecule has 0 spiro atoms. The van der Waals surface area contributed by atoms with Gasteiger partial charge >= 0.3 is 11.8 Å². The summed E-state index contributed by atoms with van der Waals surface area (Å²) in [6.45, 7) is 4.62. The fourth-order valence-corrected chi connectivity index (χ4v) is 3.50. The van der Waals surface area contributed by atoms with Crippen LogP contribution in [0.25, 0.3) is 0 Å². The number of nitrogens with zero attached hydrogens (tertiary/aromatic N) is 3. The molecule has 2 heterocycles.